The van der Waals surface area contributed by atoms with Crippen molar-refractivity contribution in [3.05, 3.63) is 90.1 Å². The molecule has 0 saturated carbocycles. The number of para-hydroxylation sites is 2. The van der Waals surface area contributed by atoms with Crippen molar-refractivity contribution in [1.29, 1.82) is 0 Å². The van der Waals surface area contributed by atoms with E-state index >= 15 is 0 Å². The topological polar surface area (TPSA) is 85.0 Å². The lowest BCUT2D eigenvalue weighted by Gasteiger charge is -2.12. The Balaban J connectivity index is 1.41. The van der Waals surface area contributed by atoms with Gasteiger partial charge in [0.05, 0.1) is 19.4 Å². The molecule has 8 heteroatoms. The van der Waals surface area contributed by atoms with Crippen LogP contribution >= 0.6 is 11.8 Å². The monoisotopic (exact) mass is 447 g/mol. The summed E-state index contributed by atoms with van der Waals surface area (Å²) in [5.41, 5.74) is 3.23. The Bertz CT molecular complexity index is 1140. The molecule has 32 heavy (non-hydrogen) atoms. The average Bonchev–Trinajstić information content (AvgIpc) is 3.48. The first kappa shape index (κ1) is 21.7. The van der Waals surface area contributed by atoms with Crippen LogP contribution in [0.3, 0.4) is 0 Å². The molecule has 0 fully saturated rings. The second-order valence-electron chi connectivity index (χ2n) is 7.19. The zero-order valence-corrected chi connectivity index (χ0v) is 18.6. The van der Waals surface area contributed by atoms with E-state index in [4.69, 9.17) is 4.42 Å². The van der Waals surface area contributed by atoms with Crippen molar-refractivity contribution in [2.75, 3.05) is 11.1 Å². The highest BCUT2D eigenvalue weighted by Gasteiger charge is 2.15. The number of amides is 1. The lowest BCUT2D eigenvalue weighted by molar-refractivity contribution is -0.120. The predicted molar refractivity (Wildman–Crippen MR) is 126 cm³/mol. The maximum atomic E-state index is 12.2. The van der Waals surface area contributed by atoms with E-state index in [0.29, 0.717) is 25.3 Å². The number of aryl methyl sites for hydroxylation is 1. The van der Waals surface area contributed by atoms with E-state index in [1.807, 2.05) is 53.1 Å². The van der Waals surface area contributed by atoms with E-state index in [-0.39, 0.29) is 5.91 Å². The molecule has 1 amide bonds. The summed E-state index contributed by atoms with van der Waals surface area (Å²) < 4.78 is 7.28. The van der Waals surface area contributed by atoms with E-state index in [1.54, 1.807) is 12.3 Å². The van der Waals surface area contributed by atoms with Gasteiger partial charge in [-0.15, -0.1) is 10.2 Å². The fourth-order valence-electron chi connectivity index (χ4n) is 3.21. The Kier molecular flexibility index (Phi) is 7.24. The summed E-state index contributed by atoms with van der Waals surface area (Å²) in [4.78, 5) is 12.2. The molecule has 2 aromatic heterocycles. The number of hydrogen-bond donors (Lipinski definition) is 2. The number of benzene rings is 2. The van der Waals surface area contributed by atoms with Gasteiger partial charge in [-0.25, -0.2) is 0 Å². The van der Waals surface area contributed by atoms with E-state index in [9.17, 15) is 4.79 Å². The number of nitrogens with zero attached hydrogens (tertiary/aromatic N) is 3. The molecule has 0 aliphatic carbocycles. The van der Waals surface area contributed by atoms with Crippen LogP contribution in [0.5, 0.6) is 0 Å². The van der Waals surface area contributed by atoms with Crippen LogP contribution in [0.25, 0.3) is 5.69 Å². The van der Waals surface area contributed by atoms with Crippen molar-refractivity contribution < 1.29 is 9.21 Å². The molecular weight excluding hydrogens is 422 g/mol. The quantitative estimate of drug-likeness (QED) is 0.346. The molecule has 7 nitrogen and oxygen atoms in total. The zero-order valence-electron chi connectivity index (χ0n) is 17.8. The lowest BCUT2D eigenvalue weighted by Crippen LogP contribution is -2.22. The first-order chi connectivity index (χ1) is 15.7. The number of anilines is 1. The molecular formula is C24H25N5O2S. The molecule has 0 atom stereocenters. The molecule has 4 rings (SSSR count). The second kappa shape index (κ2) is 10.7. The SMILES string of the molecule is Cc1ccccc1NCc1nnc(SCCC(=O)NCc2ccco2)n1-c1ccccc1. The summed E-state index contributed by atoms with van der Waals surface area (Å²) in [5, 5.41) is 15.9. The summed E-state index contributed by atoms with van der Waals surface area (Å²) in [7, 11) is 0. The number of aromatic nitrogens is 3. The number of nitrogens with one attached hydrogen (secondary N) is 2. The first-order valence-corrected chi connectivity index (χ1v) is 11.4. The van der Waals surface area contributed by atoms with Gasteiger partial charge in [0.25, 0.3) is 0 Å². The summed E-state index contributed by atoms with van der Waals surface area (Å²) >= 11 is 1.52. The Hall–Kier alpha value is -3.52. The van der Waals surface area contributed by atoms with Gasteiger partial charge in [-0.1, -0.05) is 48.2 Å². The molecule has 0 radical (unpaired) electrons. The number of hydrogen-bond acceptors (Lipinski definition) is 6. The Labute approximate surface area is 191 Å². The van der Waals surface area contributed by atoms with Crippen LogP contribution in [-0.2, 0) is 17.9 Å². The standard InChI is InChI=1S/C24H25N5O2S/c1-18-8-5-6-12-21(18)25-17-22-27-28-24(29(22)19-9-3-2-4-10-19)32-15-13-23(30)26-16-20-11-7-14-31-20/h2-12,14,25H,13,15-17H2,1H3,(H,26,30). The number of rotatable bonds is 10. The van der Waals surface area contributed by atoms with Gasteiger partial charge in [0, 0.05) is 23.5 Å². The molecule has 0 aliphatic rings. The second-order valence-corrected chi connectivity index (χ2v) is 8.25. The molecule has 4 aromatic rings. The molecule has 0 spiro atoms. The number of carbonyl (C=O) groups is 1. The van der Waals surface area contributed by atoms with E-state index in [2.05, 4.69) is 39.9 Å². The van der Waals surface area contributed by atoms with E-state index < -0.39 is 0 Å². The maximum absolute atomic E-state index is 12.2. The lowest BCUT2D eigenvalue weighted by atomic mass is 10.2. The fourth-order valence-corrected chi connectivity index (χ4v) is 4.12. The minimum Gasteiger partial charge on any atom is -0.467 e. The summed E-state index contributed by atoms with van der Waals surface area (Å²) in [5.74, 6) is 2.12. The third-order valence-corrected chi connectivity index (χ3v) is 5.83. The molecule has 2 N–H and O–H groups in total. The van der Waals surface area contributed by atoms with Gasteiger partial charge < -0.3 is 15.1 Å². The highest BCUT2D eigenvalue weighted by Crippen LogP contribution is 2.23. The largest absolute Gasteiger partial charge is 0.467 e. The van der Waals surface area contributed by atoms with Gasteiger partial charge in [0.15, 0.2) is 11.0 Å². The van der Waals surface area contributed by atoms with Crippen LogP contribution < -0.4 is 10.6 Å². The Morgan fingerprint density at radius 3 is 2.59 bits per heavy atom. The molecule has 0 saturated heterocycles. The zero-order chi connectivity index (χ0) is 22.2. The summed E-state index contributed by atoms with van der Waals surface area (Å²) in [6, 6.07) is 21.8. The van der Waals surface area contributed by atoms with Crippen LogP contribution in [0.1, 0.15) is 23.6 Å². The molecule has 164 valence electrons. The van der Waals surface area contributed by atoms with Gasteiger partial charge >= 0.3 is 0 Å². The van der Waals surface area contributed by atoms with Crippen LogP contribution in [0.15, 0.2) is 82.6 Å². The molecule has 0 unspecified atom stereocenters. The van der Waals surface area contributed by atoms with E-state index in [0.717, 1.165) is 28.1 Å². The maximum Gasteiger partial charge on any atom is 0.221 e. The van der Waals surface area contributed by atoms with Crippen molar-refractivity contribution in [2.24, 2.45) is 0 Å². The van der Waals surface area contributed by atoms with Crippen LogP contribution in [0.2, 0.25) is 0 Å². The van der Waals surface area contributed by atoms with E-state index in [1.165, 1.54) is 17.3 Å². The molecule has 0 aliphatic heterocycles. The van der Waals surface area contributed by atoms with Crippen LogP contribution in [-0.4, -0.2) is 26.4 Å². The molecule has 0 bridgehead atoms. The average molecular weight is 448 g/mol. The number of carbonyl (C=O) groups excluding carboxylic acids is 1. The highest BCUT2D eigenvalue weighted by molar-refractivity contribution is 7.99. The first-order valence-electron chi connectivity index (χ1n) is 10.4. The van der Waals surface area contributed by atoms with Gasteiger partial charge in [0.1, 0.15) is 5.76 Å². The van der Waals surface area contributed by atoms with Crippen LogP contribution in [0.4, 0.5) is 5.69 Å². The number of furan rings is 1. The van der Waals surface area contributed by atoms with Crippen molar-refractivity contribution in [1.82, 2.24) is 20.1 Å². The smallest absolute Gasteiger partial charge is 0.221 e. The molecule has 2 heterocycles. The van der Waals surface area contributed by atoms with Crippen molar-refractivity contribution >= 4 is 23.4 Å². The fraction of sp³-hybridized carbons (Fsp3) is 0.208. The van der Waals surface area contributed by atoms with Gasteiger partial charge in [0.2, 0.25) is 5.91 Å². The van der Waals surface area contributed by atoms with Crippen molar-refractivity contribution in [2.45, 2.75) is 31.6 Å². The Morgan fingerprint density at radius 1 is 1.00 bits per heavy atom. The molecule has 2 aromatic carbocycles. The summed E-state index contributed by atoms with van der Waals surface area (Å²) in [6.45, 7) is 3.00. The normalized spacial score (nSPS) is 10.8. The number of thioether (sulfide) groups is 1. The summed E-state index contributed by atoms with van der Waals surface area (Å²) in [6.07, 6.45) is 1.98. The van der Waals surface area contributed by atoms with Gasteiger partial charge in [-0.3, -0.25) is 9.36 Å². The minimum absolute atomic E-state index is 0.0267. The van der Waals surface area contributed by atoms with Crippen molar-refractivity contribution in [3.63, 3.8) is 0 Å². The Morgan fingerprint density at radius 2 is 1.81 bits per heavy atom. The minimum atomic E-state index is -0.0267. The van der Waals surface area contributed by atoms with Crippen LogP contribution in [0, 0.1) is 6.92 Å². The van der Waals surface area contributed by atoms with Crippen molar-refractivity contribution in [3.8, 4) is 5.69 Å². The van der Waals surface area contributed by atoms with Gasteiger partial charge in [-0.2, -0.15) is 0 Å². The van der Waals surface area contributed by atoms with Gasteiger partial charge in [-0.05, 0) is 42.8 Å². The third-order valence-electron chi connectivity index (χ3n) is 4.90. The predicted octanol–water partition coefficient (Wildman–Crippen LogP) is 4.58. The highest BCUT2D eigenvalue weighted by atomic mass is 32.2. The third kappa shape index (κ3) is 5.59.